The zero-order valence-corrected chi connectivity index (χ0v) is 12.3. The summed E-state index contributed by atoms with van der Waals surface area (Å²) in [6, 6.07) is 15.1. The van der Waals surface area contributed by atoms with Crippen LogP contribution in [0.3, 0.4) is 0 Å². The van der Waals surface area contributed by atoms with E-state index in [9.17, 15) is 4.79 Å². The highest BCUT2D eigenvalue weighted by Gasteiger charge is 2.47. The first-order chi connectivity index (χ1) is 10.1. The Bertz CT molecular complexity index is 679. The Morgan fingerprint density at radius 2 is 1.71 bits per heavy atom. The second kappa shape index (κ2) is 4.90. The lowest BCUT2D eigenvalue weighted by molar-refractivity contribution is -0.154. The molecule has 21 heavy (non-hydrogen) atoms. The van der Waals surface area contributed by atoms with E-state index in [1.165, 1.54) is 0 Å². The van der Waals surface area contributed by atoms with Gasteiger partial charge in [0.15, 0.2) is 0 Å². The van der Waals surface area contributed by atoms with Crippen LogP contribution in [-0.2, 0) is 15.3 Å². The molecule has 1 aliphatic rings. The summed E-state index contributed by atoms with van der Waals surface area (Å²) in [6.45, 7) is 0. The number of hydrogen-bond acceptors (Lipinski definition) is 4. The number of fused-ring (bicyclic) bond motifs is 1. The lowest BCUT2D eigenvalue weighted by Crippen LogP contribution is -2.30. The van der Waals surface area contributed by atoms with Crippen molar-refractivity contribution in [1.29, 1.82) is 0 Å². The van der Waals surface area contributed by atoms with Crippen LogP contribution in [0.2, 0.25) is 0 Å². The highest BCUT2D eigenvalue weighted by molar-refractivity contribution is 5.95. The fourth-order valence-electron chi connectivity index (χ4n) is 2.65. The Morgan fingerprint density at radius 3 is 2.33 bits per heavy atom. The van der Waals surface area contributed by atoms with Gasteiger partial charge in [0, 0.05) is 38.0 Å². The second-order valence-corrected chi connectivity index (χ2v) is 5.20. The number of methoxy groups -OCH3 is 1. The van der Waals surface area contributed by atoms with Gasteiger partial charge in [-0.3, -0.25) is 0 Å². The zero-order chi connectivity index (χ0) is 15.0. The number of ether oxygens (including phenoxy) is 2. The Kier molecular flexibility index (Phi) is 3.18. The minimum atomic E-state index is -1.15. The van der Waals surface area contributed by atoms with Crippen molar-refractivity contribution in [3.8, 4) is 0 Å². The molecule has 1 heterocycles. The molecular weight excluding hydrogens is 266 g/mol. The highest BCUT2D eigenvalue weighted by Crippen LogP contribution is 2.42. The van der Waals surface area contributed by atoms with E-state index in [4.69, 9.17) is 9.47 Å². The zero-order valence-electron chi connectivity index (χ0n) is 12.3. The van der Waals surface area contributed by atoms with E-state index in [1.54, 1.807) is 13.2 Å². The Morgan fingerprint density at radius 1 is 1.05 bits per heavy atom. The van der Waals surface area contributed by atoms with Crippen molar-refractivity contribution in [3.63, 3.8) is 0 Å². The molecule has 0 amide bonds. The van der Waals surface area contributed by atoms with Gasteiger partial charge in [0.2, 0.25) is 0 Å². The average Bonchev–Trinajstić information content (AvgIpc) is 2.81. The van der Waals surface area contributed by atoms with Crippen molar-refractivity contribution in [2.75, 3.05) is 26.1 Å². The number of anilines is 1. The number of benzene rings is 2. The normalized spacial score (nSPS) is 20.0. The van der Waals surface area contributed by atoms with Gasteiger partial charge in [0.1, 0.15) is 0 Å². The fraction of sp³-hybridized carbons (Fsp3) is 0.235. The summed E-state index contributed by atoms with van der Waals surface area (Å²) >= 11 is 0. The number of hydrogen-bond donors (Lipinski definition) is 0. The molecule has 1 unspecified atom stereocenters. The summed E-state index contributed by atoms with van der Waals surface area (Å²) < 4.78 is 11.2. The SMILES string of the molecule is COC1(c2ccc(N(C)C)cc2)OC(=O)c2ccccc21. The number of esters is 1. The van der Waals surface area contributed by atoms with E-state index in [0.29, 0.717) is 5.56 Å². The molecule has 2 aromatic rings. The predicted octanol–water partition coefficient (Wildman–Crippen LogP) is 2.77. The molecule has 3 rings (SSSR count). The van der Waals surface area contributed by atoms with E-state index < -0.39 is 5.79 Å². The molecule has 4 heteroatoms. The quantitative estimate of drug-likeness (QED) is 0.812. The van der Waals surface area contributed by atoms with Crippen molar-refractivity contribution in [3.05, 3.63) is 65.2 Å². The molecule has 0 saturated heterocycles. The van der Waals surface area contributed by atoms with Gasteiger partial charge in [-0.15, -0.1) is 0 Å². The molecule has 0 aliphatic carbocycles. The summed E-state index contributed by atoms with van der Waals surface area (Å²) in [5, 5.41) is 0. The number of rotatable bonds is 3. The fourth-order valence-corrected chi connectivity index (χ4v) is 2.65. The van der Waals surface area contributed by atoms with Crippen molar-refractivity contribution in [2.24, 2.45) is 0 Å². The molecule has 2 aromatic carbocycles. The summed E-state index contributed by atoms with van der Waals surface area (Å²) in [5.41, 5.74) is 3.17. The van der Waals surface area contributed by atoms with E-state index in [-0.39, 0.29) is 5.97 Å². The van der Waals surface area contributed by atoms with Crippen LogP contribution in [0, 0.1) is 0 Å². The van der Waals surface area contributed by atoms with Gasteiger partial charge in [-0.2, -0.15) is 0 Å². The maximum Gasteiger partial charge on any atom is 0.341 e. The minimum Gasteiger partial charge on any atom is -0.420 e. The molecule has 0 aromatic heterocycles. The summed E-state index contributed by atoms with van der Waals surface area (Å²) in [7, 11) is 5.51. The van der Waals surface area contributed by atoms with Crippen molar-refractivity contribution in [2.45, 2.75) is 5.79 Å². The molecule has 1 aliphatic heterocycles. The highest BCUT2D eigenvalue weighted by atomic mass is 16.7. The molecule has 0 bridgehead atoms. The van der Waals surface area contributed by atoms with Crippen molar-refractivity contribution in [1.82, 2.24) is 0 Å². The molecule has 108 valence electrons. The molecule has 0 saturated carbocycles. The summed E-state index contributed by atoms with van der Waals surface area (Å²) in [6.07, 6.45) is 0. The van der Waals surface area contributed by atoms with Gasteiger partial charge >= 0.3 is 5.97 Å². The second-order valence-electron chi connectivity index (χ2n) is 5.20. The summed E-state index contributed by atoms with van der Waals surface area (Å²) in [4.78, 5) is 14.1. The lowest BCUT2D eigenvalue weighted by Gasteiger charge is -2.28. The average molecular weight is 283 g/mol. The van der Waals surface area contributed by atoms with Crippen LogP contribution >= 0.6 is 0 Å². The first-order valence-electron chi connectivity index (χ1n) is 6.74. The molecule has 1 atom stereocenters. The van der Waals surface area contributed by atoms with Gasteiger partial charge in [-0.1, -0.05) is 30.3 Å². The van der Waals surface area contributed by atoms with Crippen LogP contribution in [-0.4, -0.2) is 27.2 Å². The Labute approximate surface area is 123 Å². The van der Waals surface area contributed by atoms with Gasteiger partial charge in [0.25, 0.3) is 5.79 Å². The Balaban J connectivity index is 2.12. The molecule has 0 radical (unpaired) electrons. The maximum absolute atomic E-state index is 12.1. The van der Waals surface area contributed by atoms with Crippen LogP contribution in [0.25, 0.3) is 0 Å². The van der Waals surface area contributed by atoms with Crippen molar-refractivity contribution < 1.29 is 14.3 Å². The topological polar surface area (TPSA) is 38.8 Å². The van der Waals surface area contributed by atoms with E-state index in [1.807, 2.05) is 61.5 Å². The number of carbonyl (C=O) groups excluding carboxylic acids is 1. The van der Waals surface area contributed by atoms with Gasteiger partial charge in [0.05, 0.1) is 5.56 Å². The lowest BCUT2D eigenvalue weighted by atomic mass is 9.95. The number of nitrogens with zero attached hydrogens (tertiary/aromatic N) is 1. The molecule has 0 fully saturated rings. The standard InChI is InChI=1S/C17H17NO3/c1-18(2)13-10-8-12(9-11-13)17(20-3)15-7-5-4-6-14(15)16(19)21-17/h4-11H,1-3H3. The maximum atomic E-state index is 12.1. The first-order valence-corrected chi connectivity index (χ1v) is 6.74. The monoisotopic (exact) mass is 283 g/mol. The first kappa shape index (κ1) is 13.6. The van der Waals surface area contributed by atoms with Crippen LogP contribution in [0.15, 0.2) is 48.5 Å². The number of carbonyl (C=O) groups is 1. The smallest absolute Gasteiger partial charge is 0.341 e. The third kappa shape index (κ3) is 1.99. The predicted molar refractivity (Wildman–Crippen MR) is 80.4 cm³/mol. The van der Waals surface area contributed by atoms with Gasteiger partial charge in [-0.05, 0) is 18.2 Å². The molecule has 4 nitrogen and oxygen atoms in total. The third-order valence-electron chi connectivity index (χ3n) is 3.79. The minimum absolute atomic E-state index is 0.357. The molecule has 0 N–H and O–H groups in total. The number of cyclic esters (lactones) is 1. The summed E-state index contributed by atoms with van der Waals surface area (Å²) in [5.74, 6) is -1.51. The van der Waals surface area contributed by atoms with E-state index >= 15 is 0 Å². The van der Waals surface area contributed by atoms with E-state index in [2.05, 4.69) is 0 Å². The third-order valence-corrected chi connectivity index (χ3v) is 3.79. The largest absolute Gasteiger partial charge is 0.420 e. The van der Waals surface area contributed by atoms with Crippen molar-refractivity contribution >= 4 is 11.7 Å². The van der Waals surface area contributed by atoms with Crippen LogP contribution in [0.5, 0.6) is 0 Å². The van der Waals surface area contributed by atoms with E-state index in [0.717, 1.165) is 16.8 Å². The van der Waals surface area contributed by atoms with Crippen LogP contribution < -0.4 is 4.90 Å². The molecule has 0 spiro atoms. The van der Waals surface area contributed by atoms with Crippen LogP contribution in [0.1, 0.15) is 21.5 Å². The molecular formula is C17H17NO3. The van der Waals surface area contributed by atoms with Crippen LogP contribution in [0.4, 0.5) is 5.69 Å². The van der Waals surface area contributed by atoms with Gasteiger partial charge < -0.3 is 14.4 Å². The Hall–Kier alpha value is -2.33. The van der Waals surface area contributed by atoms with Gasteiger partial charge in [-0.25, -0.2) is 4.79 Å².